The summed E-state index contributed by atoms with van der Waals surface area (Å²) in [6.45, 7) is 1.48. The smallest absolute Gasteiger partial charge is 0.249 e. The minimum atomic E-state index is -4.02. The summed E-state index contributed by atoms with van der Waals surface area (Å²) in [6, 6.07) is 4.97. The van der Waals surface area contributed by atoms with E-state index >= 15 is 0 Å². The van der Waals surface area contributed by atoms with Gasteiger partial charge in [0.25, 0.3) is 0 Å². The van der Waals surface area contributed by atoms with Crippen LogP contribution in [0, 0.1) is 0 Å². The summed E-state index contributed by atoms with van der Waals surface area (Å²) < 4.78 is 40.2. The molecule has 138 valence electrons. The molecule has 0 saturated carbocycles. The van der Waals surface area contributed by atoms with E-state index in [0.29, 0.717) is 10.9 Å². The minimum absolute atomic E-state index is 0.152. The molecule has 1 aliphatic rings. The van der Waals surface area contributed by atoms with Gasteiger partial charge in [0.2, 0.25) is 10.0 Å². The zero-order chi connectivity index (χ0) is 19.2. The van der Waals surface area contributed by atoms with E-state index in [9.17, 15) is 12.8 Å². The van der Waals surface area contributed by atoms with Gasteiger partial charge < -0.3 is 5.73 Å². The van der Waals surface area contributed by atoms with Gasteiger partial charge in [-0.2, -0.15) is 0 Å². The zero-order valence-corrected chi connectivity index (χ0v) is 15.2. The molecule has 0 aliphatic heterocycles. The number of rotatable bonds is 3. The number of hydrogen-bond donors (Lipinski definition) is 1. The third-order valence-electron chi connectivity index (χ3n) is 4.54. The van der Waals surface area contributed by atoms with Gasteiger partial charge in [0, 0.05) is 29.5 Å². The van der Waals surface area contributed by atoms with Crippen LogP contribution in [0.25, 0.3) is 22.4 Å². The van der Waals surface area contributed by atoms with Crippen LogP contribution in [0.3, 0.4) is 0 Å². The number of pyridine rings is 1. The number of hydrogen-bond acceptors (Lipinski definition) is 6. The summed E-state index contributed by atoms with van der Waals surface area (Å²) in [6.07, 6.45) is 8.45. The Labute approximate surface area is 155 Å². The first-order chi connectivity index (χ1) is 12.8. The van der Waals surface area contributed by atoms with Crippen LogP contribution in [0.4, 0.5) is 10.2 Å². The summed E-state index contributed by atoms with van der Waals surface area (Å²) >= 11 is 0. The predicted molar refractivity (Wildman–Crippen MR) is 101 cm³/mol. The highest BCUT2D eigenvalue weighted by Gasteiger charge is 2.41. The van der Waals surface area contributed by atoms with Gasteiger partial charge in [0.05, 0.1) is 0 Å². The second kappa shape index (κ2) is 5.98. The van der Waals surface area contributed by atoms with Crippen LogP contribution in [0.1, 0.15) is 13.3 Å². The summed E-state index contributed by atoms with van der Waals surface area (Å²) in [7, 11) is -4.02. The van der Waals surface area contributed by atoms with Crippen molar-refractivity contribution in [1.82, 2.24) is 18.9 Å². The van der Waals surface area contributed by atoms with Crippen LogP contribution in [0.15, 0.2) is 60.8 Å². The second-order valence-corrected chi connectivity index (χ2v) is 8.75. The number of nitrogen functional groups attached to an aromatic ring is 1. The van der Waals surface area contributed by atoms with Gasteiger partial charge >= 0.3 is 0 Å². The molecule has 2 N–H and O–H groups in total. The van der Waals surface area contributed by atoms with E-state index in [1.54, 1.807) is 18.2 Å². The Hall–Kier alpha value is -3.07. The lowest BCUT2D eigenvalue weighted by atomic mass is 10.0. The second-order valence-electron chi connectivity index (χ2n) is 6.47. The number of nitrogens with zero attached hydrogens (tertiary/aromatic N) is 4. The highest BCUT2D eigenvalue weighted by atomic mass is 32.2. The number of nitrogens with two attached hydrogens (primary N) is 1. The number of anilines is 1. The van der Waals surface area contributed by atoms with E-state index < -0.39 is 20.6 Å². The predicted octanol–water partition coefficient (Wildman–Crippen LogP) is 2.83. The van der Waals surface area contributed by atoms with Gasteiger partial charge in [-0.15, -0.1) is 0 Å². The molecule has 0 aromatic carbocycles. The average molecular weight is 385 g/mol. The third-order valence-corrected chi connectivity index (χ3v) is 6.80. The molecule has 27 heavy (non-hydrogen) atoms. The fraction of sp³-hybridized carbons (Fsp3) is 0.167. The molecule has 3 aromatic heterocycles. The first-order valence-electron chi connectivity index (χ1n) is 8.17. The number of halogens is 1. The van der Waals surface area contributed by atoms with E-state index in [0.717, 1.165) is 10.0 Å². The molecule has 1 atom stereocenters. The first-order valence-corrected chi connectivity index (χ1v) is 9.61. The van der Waals surface area contributed by atoms with E-state index in [1.807, 2.05) is 0 Å². The Balaban J connectivity index is 1.97. The van der Waals surface area contributed by atoms with E-state index in [1.165, 1.54) is 37.7 Å². The Morgan fingerprint density at radius 2 is 2.07 bits per heavy atom. The molecule has 0 saturated heterocycles. The standard InChI is InChI=1S/C18H16FN5O2S/c1-18(7-2-4-12(19)10-18)27(25,26)24-11-14(13-5-3-8-22-17(13)24)16-21-9-6-15(20)23-16/h2-6,8-11H,7H2,1H3,(H2,20,21,23). The lowest BCUT2D eigenvalue weighted by Crippen LogP contribution is -2.38. The molecule has 0 spiro atoms. The quantitative estimate of drug-likeness (QED) is 0.743. The fourth-order valence-electron chi connectivity index (χ4n) is 3.10. The number of aromatic nitrogens is 4. The third kappa shape index (κ3) is 2.71. The van der Waals surface area contributed by atoms with Crippen LogP contribution < -0.4 is 5.73 Å². The molecule has 0 bridgehead atoms. The SMILES string of the molecule is CC1(S(=O)(=O)n2cc(-c3nccc(N)n3)c3cccnc32)C=C(F)C=CC1. The van der Waals surface area contributed by atoms with Crippen molar-refractivity contribution in [2.45, 2.75) is 18.1 Å². The van der Waals surface area contributed by atoms with Crippen molar-refractivity contribution in [3.05, 3.63) is 60.8 Å². The summed E-state index contributed by atoms with van der Waals surface area (Å²) in [4.78, 5) is 12.6. The van der Waals surface area contributed by atoms with Crippen LogP contribution in [-0.2, 0) is 10.0 Å². The van der Waals surface area contributed by atoms with Gasteiger partial charge in [0.1, 0.15) is 16.4 Å². The molecule has 0 fully saturated rings. The lowest BCUT2D eigenvalue weighted by Gasteiger charge is -2.27. The maximum Gasteiger partial charge on any atom is 0.249 e. The molecule has 0 amide bonds. The number of allylic oxidation sites excluding steroid dienone is 3. The van der Waals surface area contributed by atoms with Crippen molar-refractivity contribution in [3.63, 3.8) is 0 Å². The fourth-order valence-corrected chi connectivity index (χ4v) is 4.74. The monoisotopic (exact) mass is 385 g/mol. The Bertz CT molecular complexity index is 1220. The molecular weight excluding hydrogens is 369 g/mol. The lowest BCUT2D eigenvalue weighted by molar-refractivity contribution is 0.545. The highest BCUT2D eigenvalue weighted by molar-refractivity contribution is 7.91. The maximum absolute atomic E-state index is 13.8. The van der Waals surface area contributed by atoms with Gasteiger partial charge in [-0.25, -0.2) is 31.7 Å². The van der Waals surface area contributed by atoms with E-state index in [2.05, 4.69) is 15.0 Å². The molecule has 7 nitrogen and oxygen atoms in total. The number of fused-ring (bicyclic) bond motifs is 1. The van der Waals surface area contributed by atoms with Gasteiger partial charge in [-0.3, -0.25) is 0 Å². The van der Waals surface area contributed by atoms with Crippen LogP contribution in [0.2, 0.25) is 0 Å². The van der Waals surface area contributed by atoms with E-state index in [-0.39, 0.29) is 23.7 Å². The summed E-state index contributed by atoms with van der Waals surface area (Å²) in [5.41, 5.74) is 6.44. The van der Waals surface area contributed by atoms with Crippen LogP contribution >= 0.6 is 0 Å². The zero-order valence-electron chi connectivity index (χ0n) is 14.4. The molecule has 9 heteroatoms. The molecule has 0 radical (unpaired) electrons. The Morgan fingerprint density at radius 1 is 1.26 bits per heavy atom. The molecule has 1 unspecified atom stereocenters. The van der Waals surface area contributed by atoms with Crippen molar-refractivity contribution in [3.8, 4) is 11.4 Å². The van der Waals surface area contributed by atoms with Crippen LogP contribution in [-0.4, -0.2) is 32.1 Å². The van der Waals surface area contributed by atoms with Crippen molar-refractivity contribution in [2.75, 3.05) is 5.73 Å². The molecule has 1 aliphatic carbocycles. The summed E-state index contributed by atoms with van der Waals surface area (Å²) in [5.74, 6) is -0.0319. The average Bonchev–Trinajstić information content (AvgIpc) is 3.02. The van der Waals surface area contributed by atoms with Crippen LogP contribution in [0.5, 0.6) is 0 Å². The minimum Gasteiger partial charge on any atom is -0.384 e. The van der Waals surface area contributed by atoms with Crippen molar-refractivity contribution < 1.29 is 12.8 Å². The Kier molecular flexibility index (Phi) is 3.84. The topological polar surface area (TPSA) is 104 Å². The molecule has 3 aromatic rings. The molecular formula is C18H16FN5O2S. The first kappa shape index (κ1) is 17.3. The molecule has 4 rings (SSSR count). The van der Waals surface area contributed by atoms with Gasteiger partial charge in [-0.1, -0.05) is 6.08 Å². The maximum atomic E-state index is 13.8. The van der Waals surface area contributed by atoms with Gasteiger partial charge in [0.15, 0.2) is 11.5 Å². The van der Waals surface area contributed by atoms with Gasteiger partial charge in [-0.05, 0) is 43.7 Å². The van der Waals surface area contributed by atoms with Crippen molar-refractivity contribution in [2.24, 2.45) is 0 Å². The largest absolute Gasteiger partial charge is 0.384 e. The Morgan fingerprint density at radius 3 is 2.81 bits per heavy atom. The van der Waals surface area contributed by atoms with Crippen molar-refractivity contribution in [1.29, 1.82) is 0 Å². The highest BCUT2D eigenvalue weighted by Crippen LogP contribution is 2.35. The summed E-state index contributed by atoms with van der Waals surface area (Å²) in [5, 5.41) is 0.561. The molecule has 3 heterocycles. The van der Waals surface area contributed by atoms with E-state index in [4.69, 9.17) is 5.73 Å². The van der Waals surface area contributed by atoms with Crippen molar-refractivity contribution >= 4 is 26.9 Å². The normalized spacial score (nSPS) is 20.0.